The molecule has 21 heavy (non-hydrogen) atoms. The van der Waals surface area contributed by atoms with Gasteiger partial charge >= 0.3 is 5.97 Å². The second-order valence-electron chi connectivity index (χ2n) is 5.23. The van der Waals surface area contributed by atoms with Gasteiger partial charge in [-0.15, -0.1) is 0 Å². The van der Waals surface area contributed by atoms with Gasteiger partial charge in [-0.3, -0.25) is 4.79 Å². The molecule has 1 aromatic carbocycles. The number of hydrogen-bond donors (Lipinski definition) is 2. The van der Waals surface area contributed by atoms with Crippen molar-refractivity contribution in [2.45, 2.75) is 40.7 Å². The molecule has 1 rings (SSSR count). The number of amides is 1. The monoisotopic (exact) mass is 293 g/mol. The summed E-state index contributed by atoms with van der Waals surface area (Å²) >= 11 is 0. The molecule has 0 aliphatic carbocycles. The predicted molar refractivity (Wildman–Crippen MR) is 80.5 cm³/mol. The summed E-state index contributed by atoms with van der Waals surface area (Å²) in [5.74, 6) is -1.04. The van der Waals surface area contributed by atoms with Crippen molar-refractivity contribution in [3.8, 4) is 0 Å². The normalized spacial score (nSPS) is 12.0. The van der Waals surface area contributed by atoms with Gasteiger partial charge in [0.05, 0.1) is 13.7 Å². The Balaban J connectivity index is 3.23. The van der Waals surface area contributed by atoms with Gasteiger partial charge in [-0.05, 0) is 62.4 Å². The Labute approximate surface area is 125 Å². The van der Waals surface area contributed by atoms with E-state index in [1.807, 2.05) is 34.6 Å². The molecule has 0 radical (unpaired) electrons. The summed E-state index contributed by atoms with van der Waals surface area (Å²) in [6.07, 6.45) is 0. The summed E-state index contributed by atoms with van der Waals surface area (Å²) < 4.78 is 4.55. The summed E-state index contributed by atoms with van der Waals surface area (Å²) in [6.45, 7) is 9.23. The molecule has 1 atom stereocenters. The van der Waals surface area contributed by atoms with E-state index >= 15 is 0 Å². The Hall–Kier alpha value is -1.88. The van der Waals surface area contributed by atoms with E-state index < -0.39 is 18.6 Å². The highest BCUT2D eigenvalue weighted by Gasteiger charge is 2.24. The minimum Gasteiger partial charge on any atom is -0.467 e. The largest absolute Gasteiger partial charge is 0.467 e. The molecular formula is C16H23NO4. The van der Waals surface area contributed by atoms with E-state index in [1.54, 1.807) is 0 Å². The topological polar surface area (TPSA) is 75.6 Å². The molecule has 0 aliphatic heterocycles. The fourth-order valence-corrected chi connectivity index (χ4v) is 2.39. The Kier molecular flexibility index (Phi) is 5.49. The zero-order chi connectivity index (χ0) is 16.3. The molecule has 5 nitrogen and oxygen atoms in total. The van der Waals surface area contributed by atoms with E-state index in [1.165, 1.54) is 7.11 Å². The van der Waals surface area contributed by atoms with Crippen LogP contribution < -0.4 is 5.32 Å². The Morgan fingerprint density at radius 1 is 1.00 bits per heavy atom. The van der Waals surface area contributed by atoms with Crippen molar-refractivity contribution in [2.24, 2.45) is 0 Å². The van der Waals surface area contributed by atoms with Crippen molar-refractivity contribution in [3.05, 3.63) is 33.4 Å². The molecule has 5 heteroatoms. The first-order chi connectivity index (χ1) is 9.76. The highest BCUT2D eigenvalue weighted by Crippen LogP contribution is 2.26. The maximum atomic E-state index is 12.5. The molecule has 1 unspecified atom stereocenters. The Morgan fingerprint density at radius 3 is 1.81 bits per heavy atom. The van der Waals surface area contributed by atoms with Crippen molar-refractivity contribution in [1.82, 2.24) is 5.32 Å². The average Bonchev–Trinajstić information content (AvgIpc) is 2.47. The van der Waals surface area contributed by atoms with Gasteiger partial charge in [-0.1, -0.05) is 0 Å². The van der Waals surface area contributed by atoms with Crippen LogP contribution in [0.4, 0.5) is 0 Å². The fourth-order valence-electron chi connectivity index (χ4n) is 2.39. The molecule has 0 saturated heterocycles. The number of ether oxygens (including phenoxy) is 1. The van der Waals surface area contributed by atoms with Crippen molar-refractivity contribution >= 4 is 11.9 Å². The number of carbonyl (C=O) groups is 2. The Morgan fingerprint density at radius 2 is 1.43 bits per heavy atom. The third-order valence-corrected chi connectivity index (χ3v) is 4.20. The standard InChI is InChI=1S/C16H23NO4/c1-8-9(2)11(4)14(12(5)10(8)3)15(19)17-13(7-18)16(20)21-6/h13,18H,7H2,1-6H3,(H,17,19). The summed E-state index contributed by atoms with van der Waals surface area (Å²) in [6, 6.07) is -1.05. The lowest BCUT2D eigenvalue weighted by molar-refractivity contribution is -0.143. The van der Waals surface area contributed by atoms with Crippen LogP contribution in [-0.4, -0.2) is 36.7 Å². The van der Waals surface area contributed by atoms with Gasteiger partial charge in [0.15, 0.2) is 6.04 Å². The van der Waals surface area contributed by atoms with Crippen LogP contribution in [0.15, 0.2) is 0 Å². The molecule has 0 bridgehead atoms. The number of esters is 1. The highest BCUT2D eigenvalue weighted by atomic mass is 16.5. The van der Waals surface area contributed by atoms with Crippen molar-refractivity contribution in [1.29, 1.82) is 0 Å². The van der Waals surface area contributed by atoms with Gasteiger partial charge < -0.3 is 15.2 Å². The molecule has 0 aliphatic rings. The average molecular weight is 293 g/mol. The number of hydrogen-bond acceptors (Lipinski definition) is 4. The smallest absolute Gasteiger partial charge is 0.330 e. The zero-order valence-corrected chi connectivity index (χ0v) is 13.5. The van der Waals surface area contributed by atoms with E-state index in [0.717, 1.165) is 27.8 Å². The van der Waals surface area contributed by atoms with E-state index in [4.69, 9.17) is 0 Å². The molecule has 2 N–H and O–H groups in total. The number of benzene rings is 1. The first-order valence-electron chi connectivity index (χ1n) is 6.82. The number of nitrogens with one attached hydrogen (secondary N) is 1. The summed E-state index contributed by atoms with van der Waals surface area (Å²) in [7, 11) is 1.22. The van der Waals surface area contributed by atoms with Gasteiger partial charge in [0.1, 0.15) is 0 Å². The lowest BCUT2D eigenvalue weighted by Crippen LogP contribution is -2.44. The highest BCUT2D eigenvalue weighted by molar-refractivity contribution is 6.00. The summed E-state index contributed by atoms with van der Waals surface area (Å²) in [5, 5.41) is 11.7. The quantitative estimate of drug-likeness (QED) is 0.825. The summed E-state index contributed by atoms with van der Waals surface area (Å²) in [4.78, 5) is 23.9. The molecule has 1 amide bonds. The lowest BCUT2D eigenvalue weighted by Gasteiger charge is -2.20. The van der Waals surface area contributed by atoms with Gasteiger partial charge in [0.25, 0.3) is 5.91 Å². The maximum absolute atomic E-state index is 12.5. The molecule has 0 heterocycles. The third kappa shape index (κ3) is 3.24. The fraction of sp³-hybridized carbons (Fsp3) is 0.500. The first kappa shape index (κ1) is 17.2. The Bertz CT molecular complexity index is 549. The maximum Gasteiger partial charge on any atom is 0.330 e. The summed E-state index contributed by atoms with van der Waals surface area (Å²) in [5.41, 5.74) is 5.60. The molecule has 116 valence electrons. The number of aliphatic hydroxyl groups is 1. The zero-order valence-electron chi connectivity index (χ0n) is 13.5. The number of methoxy groups -OCH3 is 1. The molecule has 0 aromatic heterocycles. The molecule has 0 saturated carbocycles. The lowest BCUT2D eigenvalue weighted by atomic mass is 9.89. The van der Waals surface area contributed by atoms with Crippen LogP contribution in [0.1, 0.15) is 38.2 Å². The van der Waals surface area contributed by atoms with E-state index in [0.29, 0.717) is 5.56 Å². The van der Waals surface area contributed by atoms with Crippen LogP contribution in [0, 0.1) is 34.6 Å². The molecule has 1 aromatic rings. The number of rotatable bonds is 4. The first-order valence-corrected chi connectivity index (χ1v) is 6.82. The van der Waals surface area contributed by atoms with Gasteiger partial charge in [0.2, 0.25) is 0 Å². The van der Waals surface area contributed by atoms with E-state index in [2.05, 4.69) is 10.1 Å². The van der Waals surface area contributed by atoms with Crippen molar-refractivity contribution in [3.63, 3.8) is 0 Å². The van der Waals surface area contributed by atoms with Gasteiger partial charge in [-0.2, -0.15) is 0 Å². The van der Waals surface area contributed by atoms with E-state index in [9.17, 15) is 14.7 Å². The van der Waals surface area contributed by atoms with Crippen LogP contribution in [-0.2, 0) is 9.53 Å². The van der Waals surface area contributed by atoms with Crippen LogP contribution in [0.3, 0.4) is 0 Å². The van der Waals surface area contributed by atoms with Gasteiger partial charge in [0, 0.05) is 5.56 Å². The minimum absolute atomic E-state index is 0.374. The second kappa shape index (κ2) is 6.72. The molecular weight excluding hydrogens is 270 g/mol. The van der Waals surface area contributed by atoms with Crippen molar-refractivity contribution < 1.29 is 19.4 Å². The predicted octanol–water partition coefficient (Wildman–Crippen LogP) is 1.49. The molecule has 0 spiro atoms. The second-order valence-corrected chi connectivity index (χ2v) is 5.23. The number of aliphatic hydroxyl groups excluding tert-OH is 1. The third-order valence-electron chi connectivity index (χ3n) is 4.20. The van der Waals surface area contributed by atoms with E-state index in [-0.39, 0.29) is 5.91 Å². The molecule has 0 fully saturated rings. The van der Waals surface area contributed by atoms with Crippen LogP contribution in [0.5, 0.6) is 0 Å². The SMILES string of the molecule is COC(=O)C(CO)NC(=O)c1c(C)c(C)c(C)c(C)c1C. The number of carbonyl (C=O) groups excluding carboxylic acids is 2. The minimum atomic E-state index is -1.05. The van der Waals surface area contributed by atoms with Crippen LogP contribution in [0.25, 0.3) is 0 Å². The van der Waals surface area contributed by atoms with Crippen LogP contribution in [0.2, 0.25) is 0 Å². The van der Waals surface area contributed by atoms with Crippen molar-refractivity contribution in [2.75, 3.05) is 13.7 Å². The van der Waals surface area contributed by atoms with Gasteiger partial charge in [-0.25, -0.2) is 4.79 Å². The van der Waals surface area contributed by atoms with Crippen LogP contribution >= 0.6 is 0 Å².